The molecule has 0 spiro atoms. The lowest BCUT2D eigenvalue weighted by atomic mass is 10.3. The van der Waals surface area contributed by atoms with Crippen molar-refractivity contribution in [3.8, 4) is 0 Å². The Kier molecular flexibility index (Phi) is 3.13. The number of hydrogen-bond acceptors (Lipinski definition) is 6. The Hall–Kier alpha value is -1.49. The lowest BCUT2D eigenvalue weighted by molar-refractivity contribution is 0.430. The third kappa shape index (κ3) is 2.47. The minimum atomic E-state index is -4.38. The van der Waals surface area contributed by atoms with Crippen LogP contribution in [0.3, 0.4) is 0 Å². The van der Waals surface area contributed by atoms with E-state index in [1.807, 2.05) is 0 Å². The molecule has 1 aromatic heterocycles. The summed E-state index contributed by atoms with van der Waals surface area (Å²) in [5, 5.41) is -0.542. The maximum Gasteiger partial charge on any atom is 0.332 e. The van der Waals surface area contributed by atoms with E-state index in [0.717, 1.165) is 16.4 Å². The van der Waals surface area contributed by atoms with Gasteiger partial charge in [-0.3, -0.25) is 4.55 Å². The Morgan fingerprint density at radius 1 is 1.21 bits per heavy atom. The summed E-state index contributed by atoms with van der Waals surface area (Å²) in [4.78, 5) is 3.32. The maximum atomic E-state index is 11.8. The van der Waals surface area contributed by atoms with E-state index in [9.17, 15) is 16.8 Å². The first kappa shape index (κ1) is 13.9. The molecule has 104 valence electrons. The molecule has 0 aliphatic rings. The first-order chi connectivity index (χ1) is 8.62. The first-order valence-electron chi connectivity index (χ1n) is 4.93. The van der Waals surface area contributed by atoms with Crippen LogP contribution in [0.5, 0.6) is 0 Å². The number of sulfonamides is 1. The lowest BCUT2D eigenvalue weighted by Gasteiger charge is -2.05. The van der Waals surface area contributed by atoms with E-state index in [2.05, 4.69) is 4.98 Å². The maximum absolute atomic E-state index is 11.8. The van der Waals surface area contributed by atoms with Crippen LogP contribution in [-0.2, 0) is 20.1 Å². The van der Waals surface area contributed by atoms with Crippen molar-refractivity contribution in [2.75, 3.05) is 14.1 Å². The van der Waals surface area contributed by atoms with Crippen LogP contribution in [-0.4, -0.2) is 44.8 Å². The van der Waals surface area contributed by atoms with Gasteiger partial charge in [-0.1, -0.05) is 0 Å². The Morgan fingerprint density at radius 2 is 1.84 bits per heavy atom. The quantitative estimate of drug-likeness (QED) is 0.811. The lowest BCUT2D eigenvalue weighted by Crippen LogP contribution is -2.22. The molecule has 1 heterocycles. The van der Waals surface area contributed by atoms with Gasteiger partial charge < -0.3 is 4.42 Å². The number of benzene rings is 1. The third-order valence-electron chi connectivity index (χ3n) is 2.34. The molecule has 0 bridgehead atoms. The largest absolute Gasteiger partial charge is 0.427 e. The van der Waals surface area contributed by atoms with Crippen LogP contribution in [0, 0.1) is 0 Å². The molecule has 0 amide bonds. The smallest absolute Gasteiger partial charge is 0.332 e. The molecule has 8 nitrogen and oxygen atoms in total. The highest BCUT2D eigenvalue weighted by atomic mass is 32.2. The highest BCUT2D eigenvalue weighted by Crippen LogP contribution is 2.23. The van der Waals surface area contributed by atoms with Gasteiger partial charge in [0.15, 0.2) is 5.58 Å². The van der Waals surface area contributed by atoms with E-state index < -0.39 is 25.4 Å². The SMILES string of the molecule is CN(C)S(=O)(=O)c1nc2cc(S(=O)(=O)O)ccc2o1. The molecule has 0 radical (unpaired) electrons. The zero-order chi connectivity index (χ0) is 14.4. The normalized spacial score (nSPS) is 13.3. The van der Waals surface area contributed by atoms with Crippen molar-refractivity contribution >= 4 is 31.2 Å². The molecule has 0 aliphatic carbocycles. The molecule has 0 aliphatic heterocycles. The van der Waals surface area contributed by atoms with E-state index in [1.54, 1.807) is 0 Å². The molecule has 0 fully saturated rings. The molecular formula is C9H10N2O6S2. The molecule has 0 saturated heterocycles. The van der Waals surface area contributed by atoms with Crippen LogP contribution in [0.15, 0.2) is 32.7 Å². The zero-order valence-corrected chi connectivity index (χ0v) is 11.6. The molecule has 19 heavy (non-hydrogen) atoms. The summed E-state index contributed by atoms with van der Waals surface area (Å²) in [5.41, 5.74) is 0.128. The molecule has 2 aromatic rings. The number of aromatic nitrogens is 1. The number of hydrogen-bond donors (Lipinski definition) is 1. The van der Waals surface area contributed by atoms with Gasteiger partial charge in [0, 0.05) is 14.1 Å². The highest BCUT2D eigenvalue weighted by molar-refractivity contribution is 7.88. The van der Waals surface area contributed by atoms with Gasteiger partial charge in [0.25, 0.3) is 20.1 Å². The predicted octanol–water partition coefficient (Wildman–Crippen LogP) is 0.325. The van der Waals surface area contributed by atoms with Gasteiger partial charge in [0.2, 0.25) is 0 Å². The van der Waals surface area contributed by atoms with Crippen molar-refractivity contribution < 1.29 is 25.8 Å². The number of oxazole rings is 1. The molecular weight excluding hydrogens is 296 g/mol. The number of fused-ring (bicyclic) bond motifs is 1. The van der Waals surface area contributed by atoms with Crippen molar-refractivity contribution in [2.45, 2.75) is 10.1 Å². The fourth-order valence-electron chi connectivity index (χ4n) is 1.31. The second-order valence-corrected chi connectivity index (χ2v) is 7.32. The summed E-state index contributed by atoms with van der Waals surface area (Å²) in [6.45, 7) is 0. The summed E-state index contributed by atoms with van der Waals surface area (Å²) >= 11 is 0. The summed E-state index contributed by atoms with van der Waals surface area (Å²) in [5.74, 6) is 0. The summed E-state index contributed by atoms with van der Waals surface area (Å²) < 4.78 is 60.3. The number of rotatable bonds is 3. The topological polar surface area (TPSA) is 118 Å². The van der Waals surface area contributed by atoms with Gasteiger partial charge in [0.05, 0.1) is 4.90 Å². The Morgan fingerprint density at radius 3 is 2.37 bits per heavy atom. The third-order valence-corrected chi connectivity index (χ3v) is 4.77. The zero-order valence-electron chi connectivity index (χ0n) is 9.93. The van der Waals surface area contributed by atoms with Gasteiger partial charge in [-0.2, -0.15) is 17.7 Å². The van der Waals surface area contributed by atoms with Crippen LogP contribution in [0.4, 0.5) is 0 Å². The Labute approximate surface area is 109 Å². The molecule has 0 atom stereocenters. The summed E-state index contributed by atoms with van der Waals surface area (Å²) in [6.07, 6.45) is 0. The van der Waals surface area contributed by atoms with Crippen LogP contribution < -0.4 is 0 Å². The fraction of sp³-hybridized carbons (Fsp3) is 0.222. The average Bonchev–Trinajstić information content (AvgIpc) is 2.70. The highest BCUT2D eigenvalue weighted by Gasteiger charge is 2.25. The predicted molar refractivity (Wildman–Crippen MR) is 64.7 cm³/mol. The summed E-state index contributed by atoms with van der Waals surface area (Å²) in [7, 11) is -5.60. The van der Waals surface area contributed by atoms with E-state index in [0.29, 0.717) is 0 Å². The van der Waals surface area contributed by atoms with Gasteiger partial charge >= 0.3 is 5.22 Å². The molecule has 2 rings (SSSR count). The fourth-order valence-corrected chi connectivity index (χ4v) is 2.53. The van der Waals surface area contributed by atoms with Crippen molar-refractivity contribution in [2.24, 2.45) is 0 Å². The standard InChI is InChI=1S/C9H10N2O6S2/c1-11(2)18(12,13)9-10-7-5-6(19(14,15)16)3-4-8(7)17-9/h3-5H,1-2H3,(H,14,15,16). The second-order valence-electron chi connectivity index (χ2n) is 3.87. The summed E-state index contributed by atoms with van der Waals surface area (Å²) in [6, 6.07) is 3.35. The minimum absolute atomic E-state index is 0.0237. The van der Waals surface area contributed by atoms with Crippen molar-refractivity contribution in [3.05, 3.63) is 18.2 Å². The van der Waals surface area contributed by atoms with Crippen LogP contribution >= 0.6 is 0 Å². The van der Waals surface area contributed by atoms with Crippen molar-refractivity contribution in [1.82, 2.24) is 9.29 Å². The molecule has 0 saturated carbocycles. The molecule has 1 N–H and O–H groups in total. The van der Waals surface area contributed by atoms with Crippen LogP contribution in [0.2, 0.25) is 0 Å². The molecule has 10 heteroatoms. The molecule has 1 aromatic carbocycles. The van der Waals surface area contributed by atoms with Crippen LogP contribution in [0.25, 0.3) is 11.1 Å². The average molecular weight is 306 g/mol. The molecule has 0 unspecified atom stereocenters. The van der Waals surface area contributed by atoms with Gasteiger partial charge in [-0.05, 0) is 18.2 Å². The second kappa shape index (κ2) is 4.27. The van der Waals surface area contributed by atoms with Crippen LogP contribution in [0.1, 0.15) is 0 Å². The van der Waals surface area contributed by atoms with Gasteiger partial charge in [-0.15, -0.1) is 0 Å². The Balaban J connectivity index is 2.66. The van der Waals surface area contributed by atoms with E-state index >= 15 is 0 Å². The monoisotopic (exact) mass is 306 g/mol. The van der Waals surface area contributed by atoms with Gasteiger partial charge in [0.1, 0.15) is 5.52 Å². The van der Waals surface area contributed by atoms with E-state index in [4.69, 9.17) is 8.97 Å². The van der Waals surface area contributed by atoms with Crippen molar-refractivity contribution in [3.63, 3.8) is 0 Å². The first-order valence-corrected chi connectivity index (χ1v) is 7.81. The Bertz CT molecular complexity index is 835. The van der Waals surface area contributed by atoms with E-state index in [-0.39, 0.29) is 16.0 Å². The van der Waals surface area contributed by atoms with Gasteiger partial charge in [-0.25, -0.2) is 8.42 Å². The minimum Gasteiger partial charge on any atom is -0.427 e. The van der Waals surface area contributed by atoms with Crippen molar-refractivity contribution in [1.29, 1.82) is 0 Å². The van der Waals surface area contributed by atoms with E-state index in [1.165, 1.54) is 20.2 Å². The number of nitrogens with zero attached hydrogens (tertiary/aromatic N) is 2.